The summed E-state index contributed by atoms with van der Waals surface area (Å²) in [6.07, 6.45) is 0.0706. The van der Waals surface area contributed by atoms with Crippen molar-refractivity contribution in [2.24, 2.45) is 5.92 Å². The quantitative estimate of drug-likeness (QED) is 0.904. The monoisotopic (exact) mass is 314 g/mol. The predicted molar refractivity (Wildman–Crippen MR) is 64.6 cm³/mol. The van der Waals surface area contributed by atoms with Gasteiger partial charge in [0.2, 0.25) is 5.82 Å². The molecule has 0 aliphatic carbocycles. The van der Waals surface area contributed by atoms with Crippen LogP contribution in [0, 0.1) is 5.92 Å². The fraction of sp³-hybridized carbons (Fsp3) is 0.400. The van der Waals surface area contributed by atoms with E-state index in [0.717, 1.165) is 0 Å². The van der Waals surface area contributed by atoms with E-state index < -0.39 is 5.97 Å². The van der Waals surface area contributed by atoms with Gasteiger partial charge in [-0.1, -0.05) is 6.92 Å². The van der Waals surface area contributed by atoms with E-state index in [9.17, 15) is 4.79 Å². The number of carbonyl (C=O) groups is 1. The molecule has 0 spiro atoms. The van der Waals surface area contributed by atoms with Crippen LogP contribution in [-0.4, -0.2) is 31.3 Å². The first-order valence-corrected chi connectivity index (χ1v) is 6.09. The van der Waals surface area contributed by atoms with Crippen LogP contribution >= 0.6 is 15.9 Å². The maximum atomic E-state index is 10.6. The molecule has 2 heterocycles. The van der Waals surface area contributed by atoms with E-state index in [-0.39, 0.29) is 12.3 Å². The van der Waals surface area contributed by atoms with Crippen molar-refractivity contribution in [3.63, 3.8) is 0 Å². The number of hydrogen-bond donors (Lipinski definition) is 1. The number of aromatic nitrogens is 4. The number of carboxylic acid groups (broad SMARTS) is 1. The molecule has 0 aliphatic heterocycles. The van der Waals surface area contributed by atoms with Crippen LogP contribution in [0.25, 0.3) is 11.6 Å². The Morgan fingerprint density at radius 1 is 1.61 bits per heavy atom. The van der Waals surface area contributed by atoms with Crippen LogP contribution < -0.4 is 0 Å². The third-order valence-corrected chi connectivity index (χ3v) is 2.76. The summed E-state index contributed by atoms with van der Waals surface area (Å²) < 4.78 is 7.50. The second-order valence-electron chi connectivity index (χ2n) is 3.99. The highest BCUT2D eigenvalue weighted by molar-refractivity contribution is 9.10. The van der Waals surface area contributed by atoms with Gasteiger partial charge in [0, 0.05) is 13.0 Å². The first-order valence-electron chi connectivity index (χ1n) is 5.30. The van der Waals surface area contributed by atoms with Crippen LogP contribution in [-0.2, 0) is 11.3 Å². The second-order valence-corrected chi connectivity index (χ2v) is 4.77. The zero-order valence-corrected chi connectivity index (χ0v) is 11.2. The number of halogens is 1. The molecule has 0 saturated heterocycles. The lowest BCUT2D eigenvalue weighted by Crippen LogP contribution is -2.14. The molecule has 2 aromatic rings. The maximum Gasteiger partial charge on any atom is 0.303 e. The minimum atomic E-state index is -0.835. The molecule has 0 amide bonds. The Bertz CT molecular complexity index is 551. The molecule has 0 saturated carbocycles. The summed E-state index contributed by atoms with van der Waals surface area (Å²) >= 11 is 3.20. The minimum absolute atomic E-state index is 0.0665. The Kier molecular flexibility index (Phi) is 3.75. The third-order valence-electron chi connectivity index (χ3n) is 2.33. The van der Waals surface area contributed by atoms with Crippen molar-refractivity contribution in [2.75, 3.05) is 0 Å². The average molecular weight is 315 g/mol. The summed E-state index contributed by atoms with van der Waals surface area (Å²) in [4.78, 5) is 10.6. The standard InChI is InChI=1S/C10H11BrN4O3/c1-6(4-9(16)17)5-15-10(12-13-14-15)7-2-3-8(11)18-7/h2-3,6H,4-5H2,1H3,(H,16,17). The van der Waals surface area contributed by atoms with Crippen LogP contribution in [0.15, 0.2) is 21.2 Å². The summed E-state index contributed by atoms with van der Waals surface area (Å²) in [6.45, 7) is 2.25. The lowest BCUT2D eigenvalue weighted by atomic mass is 10.1. The van der Waals surface area contributed by atoms with E-state index in [1.165, 1.54) is 0 Å². The van der Waals surface area contributed by atoms with Gasteiger partial charge in [-0.05, 0) is 44.4 Å². The van der Waals surface area contributed by atoms with E-state index in [1.54, 1.807) is 16.8 Å². The molecular weight excluding hydrogens is 304 g/mol. The van der Waals surface area contributed by atoms with Crippen LogP contribution in [0.4, 0.5) is 0 Å². The van der Waals surface area contributed by atoms with Crippen molar-refractivity contribution >= 4 is 21.9 Å². The molecule has 0 aliphatic rings. The second kappa shape index (κ2) is 5.30. The molecule has 8 heteroatoms. The zero-order chi connectivity index (χ0) is 13.1. The Labute approximate surface area is 111 Å². The lowest BCUT2D eigenvalue weighted by Gasteiger charge is -2.08. The van der Waals surface area contributed by atoms with Crippen LogP contribution in [0.1, 0.15) is 13.3 Å². The predicted octanol–water partition coefficient (Wildman–Crippen LogP) is 1.81. The van der Waals surface area contributed by atoms with Gasteiger partial charge in [-0.15, -0.1) is 5.10 Å². The zero-order valence-electron chi connectivity index (χ0n) is 9.58. The number of carboxylic acids is 1. The molecule has 0 aromatic carbocycles. The van der Waals surface area contributed by atoms with Crippen molar-refractivity contribution in [1.29, 1.82) is 0 Å². The van der Waals surface area contributed by atoms with Gasteiger partial charge in [0.25, 0.3) is 0 Å². The average Bonchev–Trinajstić information content (AvgIpc) is 2.85. The number of tetrazole rings is 1. The third kappa shape index (κ3) is 2.95. The highest BCUT2D eigenvalue weighted by Crippen LogP contribution is 2.23. The van der Waals surface area contributed by atoms with Crippen LogP contribution in [0.5, 0.6) is 0 Å². The summed E-state index contributed by atoms with van der Waals surface area (Å²) in [7, 11) is 0. The largest absolute Gasteiger partial charge is 0.481 e. The van der Waals surface area contributed by atoms with E-state index >= 15 is 0 Å². The molecule has 2 aromatic heterocycles. The van der Waals surface area contributed by atoms with E-state index in [0.29, 0.717) is 22.8 Å². The highest BCUT2D eigenvalue weighted by Gasteiger charge is 2.16. The number of hydrogen-bond acceptors (Lipinski definition) is 5. The van der Waals surface area contributed by atoms with Gasteiger partial charge in [0.05, 0.1) is 0 Å². The number of aliphatic carboxylic acids is 1. The Hall–Kier alpha value is -1.70. The SMILES string of the molecule is CC(CC(=O)O)Cn1nnnc1-c1ccc(Br)o1. The highest BCUT2D eigenvalue weighted by atomic mass is 79.9. The molecule has 2 rings (SSSR count). The van der Waals surface area contributed by atoms with Crippen molar-refractivity contribution in [1.82, 2.24) is 20.2 Å². The molecule has 96 valence electrons. The van der Waals surface area contributed by atoms with Gasteiger partial charge in [0.1, 0.15) is 0 Å². The Morgan fingerprint density at radius 2 is 2.39 bits per heavy atom. The number of furan rings is 1. The smallest absolute Gasteiger partial charge is 0.303 e. The van der Waals surface area contributed by atoms with Crippen LogP contribution in [0.2, 0.25) is 0 Å². The molecule has 0 fully saturated rings. The molecule has 1 unspecified atom stereocenters. The van der Waals surface area contributed by atoms with Gasteiger partial charge < -0.3 is 9.52 Å². The van der Waals surface area contributed by atoms with E-state index in [2.05, 4.69) is 31.5 Å². The fourth-order valence-corrected chi connectivity index (χ4v) is 1.90. The van der Waals surface area contributed by atoms with Crippen molar-refractivity contribution in [3.05, 3.63) is 16.8 Å². The number of nitrogens with zero attached hydrogens (tertiary/aromatic N) is 4. The Morgan fingerprint density at radius 3 is 3.00 bits per heavy atom. The fourth-order valence-electron chi connectivity index (χ4n) is 1.60. The summed E-state index contributed by atoms with van der Waals surface area (Å²) in [5, 5.41) is 20.0. The van der Waals surface area contributed by atoms with Crippen molar-refractivity contribution in [2.45, 2.75) is 19.9 Å². The van der Waals surface area contributed by atoms with E-state index in [4.69, 9.17) is 9.52 Å². The van der Waals surface area contributed by atoms with Gasteiger partial charge in [-0.2, -0.15) is 0 Å². The summed E-state index contributed by atoms with van der Waals surface area (Å²) in [5.41, 5.74) is 0. The normalized spacial score (nSPS) is 12.6. The first-order chi connectivity index (χ1) is 8.56. The minimum Gasteiger partial charge on any atom is -0.481 e. The molecular formula is C10H11BrN4O3. The molecule has 1 atom stereocenters. The van der Waals surface area contributed by atoms with Gasteiger partial charge in [0.15, 0.2) is 10.4 Å². The first kappa shape index (κ1) is 12.7. The van der Waals surface area contributed by atoms with Gasteiger partial charge in [-0.25, -0.2) is 4.68 Å². The molecule has 18 heavy (non-hydrogen) atoms. The lowest BCUT2D eigenvalue weighted by molar-refractivity contribution is -0.138. The Balaban J connectivity index is 2.15. The van der Waals surface area contributed by atoms with Crippen molar-refractivity contribution in [3.8, 4) is 11.6 Å². The van der Waals surface area contributed by atoms with E-state index in [1.807, 2.05) is 6.92 Å². The topological polar surface area (TPSA) is 94.0 Å². The number of rotatable bonds is 5. The van der Waals surface area contributed by atoms with Gasteiger partial charge in [-0.3, -0.25) is 4.79 Å². The summed E-state index contributed by atoms with van der Waals surface area (Å²) in [6, 6.07) is 3.49. The van der Waals surface area contributed by atoms with Crippen molar-refractivity contribution < 1.29 is 14.3 Å². The molecule has 1 N–H and O–H groups in total. The maximum absolute atomic E-state index is 10.6. The van der Waals surface area contributed by atoms with Crippen LogP contribution in [0.3, 0.4) is 0 Å². The molecule has 0 bridgehead atoms. The molecule has 7 nitrogen and oxygen atoms in total. The molecule has 0 radical (unpaired) electrons. The summed E-state index contributed by atoms with van der Waals surface area (Å²) in [5.74, 6) is 0.119. The van der Waals surface area contributed by atoms with Gasteiger partial charge >= 0.3 is 5.97 Å².